The number of aromatic nitrogens is 1. The summed E-state index contributed by atoms with van der Waals surface area (Å²) in [5.74, 6) is 0.0135. The van der Waals surface area contributed by atoms with Crippen molar-refractivity contribution in [2.45, 2.75) is 19.4 Å². The van der Waals surface area contributed by atoms with E-state index in [4.69, 9.17) is 0 Å². The second-order valence-corrected chi connectivity index (χ2v) is 8.71. The molecule has 0 aliphatic carbocycles. The predicted octanol–water partition coefficient (Wildman–Crippen LogP) is 3.21. The largest absolute Gasteiger partial charge is 0.338 e. The zero-order valence-electron chi connectivity index (χ0n) is 14.8. The Hall–Kier alpha value is -2.80. The molecule has 0 bridgehead atoms. The van der Waals surface area contributed by atoms with Crippen LogP contribution in [0.25, 0.3) is 10.9 Å². The van der Waals surface area contributed by atoms with Gasteiger partial charge in [0.25, 0.3) is 0 Å². The summed E-state index contributed by atoms with van der Waals surface area (Å²) in [5, 5.41) is 3.96. The summed E-state index contributed by atoms with van der Waals surface area (Å²) in [6.07, 6.45) is 3.43. The first-order valence-corrected chi connectivity index (χ1v) is 10.6. The topological polar surface area (TPSA) is 71.4 Å². The van der Waals surface area contributed by atoms with Crippen molar-refractivity contribution in [3.05, 3.63) is 60.8 Å². The van der Waals surface area contributed by atoms with E-state index in [9.17, 15) is 13.2 Å². The smallest absolute Gasteiger partial charge is 0.244 e. The fourth-order valence-corrected chi connectivity index (χ4v) is 5.08. The molecule has 1 aliphatic rings. The molecule has 1 fully saturated rings. The third-order valence-corrected chi connectivity index (χ3v) is 6.63. The van der Waals surface area contributed by atoms with Gasteiger partial charge in [-0.25, -0.2) is 8.42 Å². The molecule has 0 saturated carbocycles. The van der Waals surface area contributed by atoms with E-state index in [2.05, 4.69) is 5.32 Å². The van der Waals surface area contributed by atoms with Crippen molar-refractivity contribution in [2.75, 3.05) is 21.9 Å². The van der Waals surface area contributed by atoms with Crippen LogP contribution in [0.5, 0.6) is 0 Å². The first-order chi connectivity index (χ1) is 13.0. The van der Waals surface area contributed by atoms with Crippen molar-refractivity contribution in [3.63, 3.8) is 0 Å². The van der Waals surface area contributed by atoms with E-state index >= 15 is 0 Å². The minimum Gasteiger partial charge on any atom is -0.338 e. The highest BCUT2D eigenvalue weighted by Gasteiger charge is 2.26. The van der Waals surface area contributed by atoms with E-state index < -0.39 is 10.0 Å². The Morgan fingerprint density at radius 2 is 1.89 bits per heavy atom. The molecule has 1 aromatic heterocycles. The molecule has 4 rings (SSSR count). The van der Waals surface area contributed by atoms with Crippen LogP contribution in [0, 0.1) is 0 Å². The first kappa shape index (κ1) is 17.6. The monoisotopic (exact) mass is 383 g/mol. The molecule has 140 valence electrons. The minimum absolute atomic E-state index is 0.157. The molecule has 3 aromatic rings. The van der Waals surface area contributed by atoms with Gasteiger partial charge in [-0.2, -0.15) is 0 Å². The van der Waals surface area contributed by atoms with Crippen LogP contribution in [-0.4, -0.2) is 31.2 Å². The zero-order valence-corrected chi connectivity index (χ0v) is 15.7. The van der Waals surface area contributed by atoms with Crippen LogP contribution in [0.15, 0.2) is 60.8 Å². The van der Waals surface area contributed by atoms with E-state index in [1.807, 2.05) is 41.1 Å². The fourth-order valence-electron chi connectivity index (χ4n) is 3.45. The number of nitrogens with zero attached hydrogens (tertiary/aromatic N) is 2. The van der Waals surface area contributed by atoms with Gasteiger partial charge in [0.15, 0.2) is 0 Å². The number of amides is 1. The highest BCUT2D eigenvalue weighted by atomic mass is 32.2. The fraction of sp³-hybridized carbons (Fsp3) is 0.250. The predicted molar refractivity (Wildman–Crippen MR) is 107 cm³/mol. The third kappa shape index (κ3) is 3.68. The summed E-state index contributed by atoms with van der Waals surface area (Å²) in [7, 11) is -3.27. The van der Waals surface area contributed by atoms with Crippen LogP contribution in [0.4, 0.5) is 11.4 Å². The Kier molecular flexibility index (Phi) is 4.61. The van der Waals surface area contributed by atoms with Gasteiger partial charge in [-0.15, -0.1) is 0 Å². The first-order valence-electron chi connectivity index (χ1n) is 8.97. The molecule has 0 radical (unpaired) electrons. The number of nitrogens with one attached hydrogen (secondary N) is 1. The second-order valence-electron chi connectivity index (χ2n) is 6.70. The van der Waals surface area contributed by atoms with Crippen molar-refractivity contribution in [2.24, 2.45) is 0 Å². The Morgan fingerprint density at radius 1 is 1.04 bits per heavy atom. The molecule has 27 heavy (non-hydrogen) atoms. The number of carbonyl (C=O) groups is 1. The van der Waals surface area contributed by atoms with E-state index in [1.165, 1.54) is 4.31 Å². The number of rotatable bonds is 4. The van der Waals surface area contributed by atoms with Crippen molar-refractivity contribution < 1.29 is 13.2 Å². The van der Waals surface area contributed by atoms with Crippen LogP contribution in [0.3, 0.4) is 0 Å². The molecule has 0 spiro atoms. The van der Waals surface area contributed by atoms with Crippen molar-refractivity contribution in [1.29, 1.82) is 0 Å². The van der Waals surface area contributed by atoms with Crippen LogP contribution < -0.4 is 9.62 Å². The lowest BCUT2D eigenvalue weighted by atomic mass is 10.2. The number of benzene rings is 2. The number of para-hydroxylation sites is 1. The zero-order chi connectivity index (χ0) is 18.9. The van der Waals surface area contributed by atoms with Gasteiger partial charge in [0.2, 0.25) is 15.9 Å². The molecule has 1 aliphatic heterocycles. The molecule has 1 saturated heterocycles. The van der Waals surface area contributed by atoms with Gasteiger partial charge in [0.1, 0.15) is 6.54 Å². The van der Waals surface area contributed by atoms with Crippen LogP contribution >= 0.6 is 0 Å². The van der Waals surface area contributed by atoms with Crippen molar-refractivity contribution >= 4 is 38.2 Å². The summed E-state index contributed by atoms with van der Waals surface area (Å²) in [4.78, 5) is 12.5. The lowest BCUT2D eigenvalue weighted by molar-refractivity contribution is -0.116. The van der Waals surface area contributed by atoms with Gasteiger partial charge >= 0.3 is 0 Å². The standard InChI is InChI=1S/C20H21N3O3S/c24-20(15-22-12-10-16-6-1-2-9-19(16)22)21-17-7-5-8-18(14-17)23-11-3-4-13-27(23,25)26/h1-2,5-10,12,14H,3-4,11,13,15H2,(H,21,24). The summed E-state index contributed by atoms with van der Waals surface area (Å²) in [5.41, 5.74) is 2.19. The van der Waals surface area contributed by atoms with Gasteiger partial charge in [-0.3, -0.25) is 9.10 Å². The maximum Gasteiger partial charge on any atom is 0.244 e. The minimum atomic E-state index is -3.27. The average molecular weight is 383 g/mol. The Balaban J connectivity index is 1.50. The molecule has 7 heteroatoms. The number of carbonyl (C=O) groups excluding carboxylic acids is 1. The maximum atomic E-state index is 12.5. The number of hydrogen-bond donors (Lipinski definition) is 1. The normalized spacial score (nSPS) is 16.4. The van der Waals surface area contributed by atoms with Crippen LogP contribution in [-0.2, 0) is 21.4 Å². The highest BCUT2D eigenvalue weighted by molar-refractivity contribution is 7.92. The molecule has 0 unspecified atom stereocenters. The summed E-state index contributed by atoms with van der Waals surface area (Å²) in [6.45, 7) is 0.675. The van der Waals surface area contributed by atoms with Gasteiger partial charge < -0.3 is 9.88 Å². The summed E-state index contributed by atoms with van der Waals surface area (Å²) >= 11 is 0. The molecule has 6 nitrogen and oxygen atoms in total. The third-order valence-electron chi connectivity index (χ3n) is 4.76. The lowest BCUT2D eigenvalue weighted by Gasteiger charge is -2.28. The van der Waals surface area contributed by atoms with Crippen molar-refractivity contribution in [1.82, 2.24) is 4.57 Å². The molecule has 2 heterocycles. The second kappa shape index (κ2) is 7.08. The molecule has 1 amide bonds. The molecular weight excluding hydrogens is 362 g/mol. The average Bonchev–Trinajstić information content (AvgIpc) is 3.04. The van der Waals surface area contributed by atoms with Gasteiger partial charge in [0.05, 0.1) is 11.4 Å². The SMILES string of the molecule is O=C(Cn1ccc2ccccc21)Nc1cccc(N2CCCCS2(=O)=O)c1. The molecule has 0 atom stereocenters. The van der Waals surface area contributed by atoms with Crippen LogP contribution in [0.2, 0.25) is 0 Å². The number of hydrogen-bond acceptors (Lipinski definition) is 3. The van der Waals surface area contributed by atoms with Crippen molar-refractivity contribution in [3.8, 4) is 0 Å². The molecule has 2 aromatic carbocycles. The highest BCUT2D eigenvalue weighted by Crippen LogP contribution is 2.26. The number of anilines is 2. The molecular formula is C20H21N3O3S. The lowest BCUT2D eigenvalue weighted by Crippen LogP contribution is -2.37. The van der Waals surface area contributed by atoms with Gasteiger partial charge in [-0.05, 0) is 48.6 Å². The molecule has 1 N–H and O–H groups in total. The van der Waals surface area contributed by atoms with Crippen LogP contribution in [0.1, 0.15) is 12.8 Å². The number of sulfonamides is 1. The summed E-state index contributed by atoms with van der Waals surface area (Å²) < 4.78 is 27.9. The van der Waals surface area contributed by atoms with E-state index in [0.29, 0.717) is 24.3 Å². The summed E-state index contributed by atoms with van der Waals surface area (Å²) in [6, 6.07) is 16.9. The van der Waals surface area contributed by atoms with Gasteiger partial charge in [-0.1, -0.05) is 24.3 Å². The van der Waals surface area contributed by atoms with E-state index in [1.54, 1.807) is 24.3 Å². The Bertz CT molecular complexity index is 1090. The number of fused-ring (bicyclic) bond motifs is 1. The quantitative estimate of drug-likeness (QED) is 0.752. The maximum absolute atomic E-state index is 12.5. The van der Waals surface area contributed by atoms with Gasteiger partial charge in [0, 0.05) is 23.9 Å². The van der Waals surface area contributed by atoms with E-state index in [-0.39, 0.29) is 18.2 Å². The Morgan fingerprint density at radius 3 is 2.74 bits per heavy atom. The Labute approximate surface area is 158 Å². The van der Waals surface area contributed by atoms with E-state index in [0.717, 1.165) is 17.3 Å².